The molecule has 0 saturated carbocycles. The van der Waals surface area contributed by atoms with Gasteiger partial charge in [0.15, 0.2) is 0 Å². The molecule has 1 aliphatic rings. The van der Waals surface area contributed by atoms with Gasteiger partial charge in [0, 0.05) is 44.0 Å². The van der Waals surface area contributed by atoms with Crippen molar-refractivity contribution in [3.8, 4) is 11.3 Å². The van der Waals surface area contributed by atoms with Crippen molar-refractivity contribution in [2.75, 3.05) is 26.2 Å². The van der Waals surface area contributed by atoms with Gasteiger partial charge in [0.05, 0.1) is 5.69 Å². The van der Waals surface area contributed by atoms with Crippen LogP contribution in [0.2, 0.25) is 0 Å². The Hall–Kier alpha value is -2.40. The largest absolute Gasteiger partial charge is 0.465 e. The van der Waals surface area contributed by atoms with Gasteiger partial charge in [-0.15, -0.1) is 0 Å². The third-order valence-electron chi connectivity index (χ3n) is 4.65. The van der Waals surface area contributed by atoms with Crippen molar-refractivity contribution < 1.29 is 9.90 Å². The third kappa shape index (κ3) is 3.57. The zero-order valence-electron chi connectivity index (χ0n) is 14.2. The fraction of sp³-hybridized carbons (Fsp3) is 0.368. The molecule has 126 valence electrons. The van der Waals surface area contributed by atoms with Crippen LogP contribution in [0, 0.1) is 13.8 Å². The monoisotopic (exact) mass is 325 g/mol. The normalized spacial score (nSPS) is 15.5. The van der Waals surface area contributed by atoms with Gasteiger partial charge in [-0.2, -0.15) is 0 Å². The second-order valence-corrected chi connectivity index (χ2v) is 6.30. The number of aromatic nitrogens is 1. The molecule has 1 N–H and O–H groups in total. The van der Waals surface area contributed by atoms with Gasteiger partial charge in [-0.05, 0) is 31.0 Å². The molecule has 2 aromatic rings. The summed E-state index contributed by atoms with van der Waals surface area (Å²) < 4.78 is 0. The average Bonchev–Trinajstić information content (AvgIpc) is 2.58. The highest BCUT2D eigenvalue weighted by Crippen LogP contribution is 2.23. The predicted octanol–water partition coefficient (Wildman–Crippen LogP) is 3.16. The predicted molar refractivity (Wildman–Crippen MR) is 94.0 cm³/mol. The van der Waals surface area contributed by atoms with Gasteiger partial charge in [0.2, 0.25) is 0 Å². The minimum Gasteiger partial charge on any atom is -0.465 e. The molecule has 1 fully saturated rings. The van der Waals surface area contributed by atoms with Crippen LogP contribution in [-0.4, -0.2) is 52.2 Å². The van der Waals surface area contributed by atoms with Crippen LogP contribution in [0.4, 0.5) is 4.79 Å². The number of nitrogens with zero attached hydrogens (tertiary/aromatic N) is 3. The summed E-state index contributed by atoms with van der Waals surface area (Å²) in [6.07, 6.45) is -0.824. The number of aryl methyl sites for hydroxylation is 2. The van der Waals surface area contributed by atoms with Crippen LogP contribution in [0.25, 0.3) is 11.3 Å². The number of amides is 1. The van der Waals surface area contributed by atoms with E-state index in [1.165, 1.54) is 21.6 Å². The molecule has 5 nitrogen and oxygen atoms in total. The first-order valence-corrected chi connectivity index (χ1v) is 8.27. The average molecular weight is 325 g/mol. The molecule has 24 heavy (non-hydrogen) atoms. The first kappa shape index (κ1) is 16.5. The van der Waals surface area contributed by atoms with Crippen LogP contribution < -0.4 is 0 Å². The third-order valence-corrected chi connectivity index (χ3v) is 4.65. The molecule has 1 aliphatic heterocycles. The maximum atomic E-state index is 11.0. The molecule has 0 atom stereocenters. The number of rotatable bonds is 3. The summed E-state index contributed by atoms with van der Waals surface area (Å²) in [6.45, 7) is 7.65. The van der Waals surface area contributed by atoms with E-state index in [2.05, 4.69) is 36.1 Å². The Morgan fingerprint density at radius 3 is 2.42 bits per heavy atom. The number of hydrogen-bond donors (Lipinski definition) is 1. The summed E-state index contributed by atoms with van der Waals surface area (Å²) in [6, 6.07) is 12.5. The molecule has 5 heteroatoms. The highest BCUT2D eigenvalue weighted by molar-refractivity contribution is 5.65. The molecule has 1 aromatic heterocycles. The Balaban J connectivity index is 1.70. The van der Waals surface area contributed by atoms with Gasteiger partial charge < -0.3 is 10.0 Å². The Labute approximate surface area is 142 Å². The summed E-state index contributed by atoms with van der Waals surface area (Å²) >= 11 is 0. The lowest BCUT2D eigenvalue weighted by molar-refractivity contribution is 0.103. The highest BCUT2D eigenvalue weighted by Gasteiger charge is 2.20. The standard InChI is InChI=1S/C19H23N3O2/c1-14-5-3-4-6-17(14)18-8-7-16(15(2)20-18)13-21-9-11-22(12-10-21)19(23)24/h3-8H,9-13H2,1-2H3,(H,23,24). The smallest absolute Gasteiger partial charge is 0.407 e. The minimum atomic E-state index is -0.824. The number of piperazine rings is 1. The van der Waals surface area contributed by atoms with E-state index >= 15 is 0 Å². The Kier molecular flexibility index (Phi) is 4.81. The molecule has 0 aliphatic carbocycles. The second kappa shape index (κ2) is 7.01. The van der Waals surface area contributed by atoms with E-state index in [0.29, 0.717) is 13.1 Å². The zero-order chi connectivity index (χ0) is 17.1. The summed E-state index contributed by atoms with van der Waals surface area (Å²) in [4.78, 5) is 19.5. The quantitative estimate of drug-likeness (QED) is 0.942. The Morgan fingerprint density at radius 1 is 1.08 bits per heavy atom. The van der Waals surface area contributed by atoms with Crippen molar-refractivity contribution >= 4 is 6.09 Å². The lowest BCUT2D eigenvalue weighted by atomic mass is 10.0. The van der Waals surface area contributed by atoms with E-state index in [-0.39, 0.29) is 0 Å². The first-order valence-electron chi connectivity index (χ1n) is 8.27. The van der Waals surface area contributed by atoms with E-state index < -0.39 is 6.09 Å². The van der Waals surface area contributed by atoms with Crippen molar-refractivity contribution in [1.82, 2.24) is 14.8 Å². The lowest BCUT2D eigenvalue weighted by Gasteiger charge is -2.33. The number of carboxylic acid groups (broad SMARTS) is 1. The number of carbonyl (C=O) groups is 1. The Bertz CT molecular complexity index is 737. The van der Waals surface area contributed by atoms with Crippen molar-refractivity contribution in [3.63, 3.8) is 0 Å². The zero-order valence-corrected chi connectivity index (χ0v) is 14.2. The van der Waals surface area contributed by atoms with Crippen LogP contribution in [-0.2, 0) is 6.54 Å². The van der Waals surface area contributed by atoms with Crippen LogP contribution in [0.1, 0.15) is 16.8 Å². The van der Waals surface area contributed by atoms with Crippen molar-refractivity contribution in [2.24, 2.45) is 0 Å². The summed E-state index contributed by atoms with van der Waals surface area (Å²) in [5.41, 5.74) is 5.64. The van der Waals surface area contributed by atoms with Gasteiger partial charge in [0.1, 0.15) is 0 Å². The van der Waals surface area contributed by atoms with Gasteiger partial charge >= 0.3 is 6.09 Å². The summed E-state index contributed by atoms with van der Waals surface area (Å²) in [5.74, 6) is 0. The van der Waals surface area contributed by atoms with E-state index in [1.54, 1.807) is 0 Å². The van der Waals surface area contributed by atoms with E-state index in [1.807, 2.05) is 19.1 Å². The van der Waals surface area contributed by atoms with Crippen LogP contribution in [0.15, 0.2) is 36.4 Å². The van der Waals surface area contributed by atoms with E-state index in [0.717, 1.165) is 31.0 Å². The van der Waals surface area contributed by atoms with Crippen molar-refractivity contribution in [1.29, 1.82) is 0 Å². The molecule has 1 amide bonds. The van der Waals surface area contributed by atoms with Crippen LogP contribution in [0.5, 0.6) is 0 Å². The second-order valence-electron chi connectivity index (χ2n) is 6.30. The number of benzene rings is 1. The van der Waals surface area contributed by atoms with Gasteiger partial charge in [0.25, 0.3) is 0 Å². The maximum Gasteiger partial charge on any atom is 0.407 e. The van der Waals surface area contributed by atoms with Gasteiger partial charge in [-0.3, -0.25) is 9.88 Å². The fourth-order valence-electron chi connectivity index (χ4n) is 3.11. The number of hydrogen-bond acceptors (Lipinski definition) is 3. The first-order chi connectivity index (χ1) is 11.5. The highest BCUT2D eigenvalue weighted by atomic mass is 16.4. The Morgan fingerprint density at radius 2 is 1.79 bits per heavy atom. The molecule has 2 heterocycles. The molecular weight excluding hydrogens is 302 g/mol. The summed E-state index contributed by atoms with van der Waals surface area (Å²) in [7, 11) is 0. The van der Waals surface area contributed by atoms with Gasteiger partial charge in [-0.1, -0.05) is 30.3 Å². The molecule has 3 rings (SSSR count). The van der Waals surface area contributed by atoms with E-state index in [9.17, 15) is 4.79 Å². The molecule has 1 aromatic carbocycles. The van der Waals surface area contributed by atoms with Crippen LogP contribution >= 0.6 is 0 Å². The molecule has 0 spiro atoms. The van der Waals surface area contributed by atoms with Crippen molar-refractivity contribution in [2.45, 2.75) is 20.4 Å². The van der Waals surface area contributed by atoms with Crippen molar-refractivity contribution in [3.05, 3.63) is 53.2 Å². The van der Waals surface area contributed by atoms with Crippen LogP contribution in [0.3, 0.4) is 0 Å². The van der Waals surface area contributed by atoms with Gasteiger partial charge in [-0.25, -0.2) is 4.79 Å². The fourth-order valence-corrected chi connectivity index (χ4v) is 3.11. The molecule has 0 bridgehead atoms. The molecule has 0 radical (unpaired) electrons. The topological polar surface area (TPSA) is 56.7 Å². The minimum absolute atomic E-state index is 0.573. The van der Waals surface area contributed by atoms with E-state index in [4.69, 9.17) is 10.1 Å². The maximum absolute atomic E-state index is 11.0. The lowest BCUT2D eigenvalue weighted by Crippen LogP contribution is -2.47. The molecular formula is C19H23N3O2. The SMILES string of the molecule is Cc1ccccc1-c1ccc(CN2CCN(C(=O)O)CC2)c(C)n1. The number of pyridine rings is 1. The molecule has 0 unspecified atom stereocenters. The summed E-state index contributed by atoms with van der Waals surface area (Å²) in [5, 5.41) is 9.02. The molecule has 1 saturated heterocycles.